The van der Waals surface area contributed by atoms with E-state index in [2.05, 4.69) is 15.9 Å². The van der Waals surface area contributed by atoms with Crippen molar-refractivity contribution in [2.45, 2.75) is 8.42 Å². The molecule has 0 amide bonds. The van der Waals surface area contributed by atoms with Gasteiger partial charge in [-0.3, -0.25) is 0 Å². The van der Waals surface area contributed by atoms with Gasteiger partial charge in [-0.2, -0.15) is 0 Å². The fraction of sp³-hybridized carbons (Fsp3) is 0. The third-order valence-electron chi connectivity index (χ3n) is 0.633. The Morgan fingerprint density at radius 3 is 2.25 bits per heavy atom. The quantitative estimate of drug-likeness (QED) is 0.621. The molecule has 0 spiro atoms. The number of hydrogen-bond donors (Lipinski definition) is 0. The van der Waals surface area contributed by atoms with E-state index in [4.69, 9.17) is 25.3 Å². The Hall–Kier alpha value is 0.620. The molecule has 0 fully saturated rings. The molecule has 8 heavy (non-hydrogen) atoms. The van der Waals surface area contributed by atoms with E-state index in [1.165, 1.54) is 11.3 Å². The highest BCUT2D eigenvalue weighted by atomic mass is 79.9. The Morgan fingerprint density at radius 1 is 1.50 bits per heavy atom. The Kier molecular flexibility index (Phi) is 2.08. The Balaban J connectivity index is 3.14. The molecule has 4 heteroatoms. The first-order chi connectivity index (χ1) is 3.70. The molecule has 0 saturated carbocycles. The zero-order chi connectivity index (χ0) is 6.15. The van der Waals surface area contributed by atoms with Crippen LogP contribution in [-0.4, -0.2) is 0 Å². The van der Waals surface area contributed by atoms with Gasteiger partial charge in [-0.05, 0) is 0 Å². The van der Waals surface area contributed by atoms with Gasteiger partial charge in [0.05, 0.1) is 0 Å². The summed E-state index contributed by atoms with van der Waals surface area (Å²) in [7, 11) is 0. The van der Waals surface area contributed by atoms with Crippen LogP contribution in [0.2, 0.25) is 0 Å². The molecule has 0 aliphatic rings. The van der Waals surface area contributed by atoms with Gasteiger partial charge in [0.1, 0.15) is 0 Å². The van der Waals surface area contributed by atoms with Gasteiger partial charge in [-0.1, -0.05) is 22.0 Å². The maximum absolute atomic E-state index is 4.88. The molecule has 0 N–H and O–H groups in total. The topological polar surface area (TPSA) is 0 Å². The van der Waals surface area contributed by atoms with Crippen LogP contribution in [0.15, 0.2) is 19.0 Å². The summed E-state index contributed by atoms with van der Waals surface area (Å²) in [5.74, 6) is 0. The zero-order valence-electron chi connectivity index (χ0n) is 3.68. The van der Waals surface area contributed by atoms with Gasteiger partial charge in [-0.25, -0.2) is 0 Å². The first kappa shape index (κ1) is 6.74. The van der Waals surface area contributed by atoms with Crippen LogP contribution in [0.1, 0.15) is 0 Å². The molecule has 0 unspecified atom stereocenters. The maximum atomic E-state index is 4.88. The van der Waals surface area contributed by atoms with E-state index in [-0.39, 0.29) is 0 Å². The minimum absolute atomic E-state index is 0.843. The lowest BCUT2D eigenvalue weighted by atomic mass is 10.7. The van der Waals surface area contributed by atoms with Crippen LogP contribution >= 0.6 is 27.3 Å². The van der Waals surface area contributed by atoms with Crippen molar-refractivity contribution in [1.29, 1.82) is 0 Å². The second kappa shape index (κ2) is 2.47. The number of rotatable bonds is 0. The predicted octanol–water partition coefficient (Wildman–Crippen LogP) is 2.32. The van der Waals surface area contributed by atoms with Crippen molar-refractivity contribution in [1.82, 2.24) is 0 Å². The van der Waals surface area contributed by atoms with Crippen LogP contribution < -0.4 is 0 Å². The molecule has 0 saturated heterocycles. The first-order valence-corrected chi connectivity index (χ1v) is 4.26. The molecule has 0 bridgehead atoms. The molecule has 0 aromatic carbocycles. The van der Waals surface area contributed by atoms with Crippen LogP contribution in [0.25, 0.3) is 0 Å². The summed E-state index contributed by atoms with van der Waals surface area (Å²) >= 11 is 14.4. The van der Waals surface area contributed by atoms with Crippen LogP contribution in [0.4, 0.5) is 0 Å². The summed E-state index contributed by atoms with van der Waals surface area (Å²) in [6, 6.07) is 1.85. The van der Waals surface area contributed by atoms with E-state index in [1.807, 2.05) is 6.07 Å². The largest absolute Gasteiger partial charge is 0.428 e. The summed E-state index contributed by atoms with van der Waals surface area (Å²) in [5.41, 5.74) is 0. The zero-order valence-corrected chi connectivity index (χ0v) is 7.72. The van der Waals surface area contributed by atoms with Crippen molar-refractivity contribution >= 4 is 52.5 Å². The normalized spacial score (nSPS) is 9.62. The van der Waals surface area contributed by atoms with Crippen LogP contribution in [-0.2, 0) is 25.3 Å². The molecule has 0 radical (unpaired) electrons. The molecule has 0 atom stereocenters. The van der Waals surface area contributed by atoms with Crippen LogP contribution in [0.3, 0.4) is 0 Å². The molecular formula is C4HBrS3-2. The third-order valence-corrected chi connectivity index (χ3v) is 3.35. The summed E-state index contributed by atoms with van der Waals surface area (Å²) in [5, 5.41) is 0. The van der Waals surface area contributed by atoms with Crippen molar-refractivity contribution in [3.05, 3.63) is 10.5 Å². The number of halogens is 1. The first-order valence-electron chi connectivity index (χ1n) is 1.83. The average Bonchev–Trinajstić information content (AvgIpc) is 1.85. The molecule has 0 nitrogen and oxygen atoms in total. The second-order valence-electron chi connectivity index (χ2n) is 1.20. The summed E-state index contributed by atoms with van der Waals surface area (Å²) in [4.78, 5) is 0. The molecule has 1 aromatic rings. The van der Waals surface area contributed by atoms with Gasteiger partial charge in [0.25, 0.3) is 0 Å². The smallest absolute Gasteiger partial charge is 0.00498 e. The van der Waals surface area contributed by atoms with Gasteiger partial charge in [0.15, 0.2) is 0 Å². The standard InChI is InChI=1S/C4H3BrS3/c5-2-1-3(6)8-4(2)7/h1,6-7H/p-2. The highest BCUT2D eigenvalue weighted by Crippen LogP contribution is 2.26. The van der Waals surface area contributed by atoms with E-state index >= 15 is 0 Å². The van der Waals surface area contributed by atoms with Gasteiger partial charge in [0, 0.05) is 4.47 Å². The van der Waals surface area contributed by atoms with Crippen molar-refractivity contribution in [2.75, 3.05) is 0 Å². The summed E-state index contributed by atoms with van der Waals surface area (Å²) in [6.07, 6.45) is 0. The number of thiophene rings is 1. The molecule has 1 heterocycles. The van der Waals surface area contributed by atoms with Gasteiger partial charge >= 0.3 is 0 Å². The molecular weight excluding hydrogens is 224 g/mol. The Bertz CT molecular complexity index is 174. The van der Waals surface area contributed by atoms with Crippen LogP contribution in [0, 0.1) is 0 Å². The highest BCUT2D eigenvalue weighted by Gasteiger charge is 1.84. The van der Waals surface area contributed by atoms with Crippen molar-refractivity contribution < 1.29 is 0 Å². The van der Waals surface area contributed by atoms with Crippen molar-refractivity contribution in [3.8, 4) is 0 Å². The summed E-state index contributed by atoms with van der Waals surface area (Å²) < 4.78 is 2.64. The molecule has 1 rings (SSSR count). The van der Waals surface area contributed by atoms with Crippen molar-refractivity contribution in [2.24, 2.45) is 0 Å². The molecule has 1 aromatic heterocycles. The second-order valence-corrected chi connectivity index (χ2v) is 4.47. The average molecular weight is 225 g/mol. The number of hydrogen-bond acceptors (Lipinski definition) is 3. The Morgan fingerprint density at radius 2 is 2.12 bits per heavy atom. The van der Waals surface area contributed by atoms with E-state index in [1.54, 1.807) is 0 Å². The maximum Gasteiger partial charge on any atom is 0.00498 e. The van der Waals surface area contributed by atoms with Gasteiger partial charge in [0.2, 0.25) is 0 Å². The molecule has 0 aliphatic carbocycles. The lowest BCUT2D eigenvalue weighted by Crippen LogP contribution is -1.52. The summed E-state index contributed by atoms with van der Waals surface area (Å²) in [6.45, 7) is 0. The Labute approximate surface area is 71.2 Å². The van der Waals surface area contributed by atoms with Crippen LogP contribution in [0.5, 0.6) is 0 Å². The lowest BCUT2D eigenvalue weighted by Gasteiger charge is -1.93. The van der Waals surface area contributed by atoms with E-state index < -0.39 is 0 Å². The monoisotopic (exact) mass is 224 g/mol. The fourth-order valence-electron chi connectivity index (χ4n) is 0.332. The predicted molar refractivity (Wildman–Crippen MR) is 43.3 cm³/mol. The SMILES string of the molecule is [S-]c1cc(Br)c([S-])s1. The third kappa shape index (κ3) is 1.31. The van der Waals surface area contributed by atoms with E-state index in [9.17, 15) is 0 Å². The lowest BCUT2D eigenvalue weighted by molar-refractivity contribution is 1.61. The minimum Gasteiger partial charge on any atom is -0.428 e. The fourth-order valence-corrected chi connectivity index (χ4v) is 2.48. The van der Waals surface area contributed by atoms with Crippen molar-refractivity contribution in [3.63, 3.8) is 0 Å². The van der Waals surface area contributed by atoms with Gasteiger partial charge < -0.3 is 36.6 Å². The molecule has 0 aliphatic heterocycles. The molecule has 44 valence electrons. The minimum atomic E-state index is 0.843. The van der Waals surface area contributed by atoms with Gasteiger partial charge in [-0.15, -0.1) is 8.42 Å². The van der Waals surface area contributed by atoms with E-state index in [0.717, 1.165) is 12.9 Å². The van der Waals surface area contributed by atoms with E-state index in [0.29, 0.717) is 0 Å². The highest BCUT2D eigenvalue weighted by molar-refractivity contribution is 9.10.